The molecule has 1 aliphatic heterocycles. The zero-order valence-corrected chi connectivity index (χ0v) is 15.6. The number of hydrogen-bond acceptors (Lipinski definition) is 7. The molecule has 3 aromatic rings. The number of nitrogens with zero attached hydrogens (tertiary/aromatic N) is 5. The molecule has 1 saturated carbocycles. The molecule has 28 heavy (non-hydrogen) atoms. The van der Waals surface area contributed by atoms with E-state index < -0.39 is 6.08 Å². The molecule has 144 valence electrons. The molecule has 5 rings (SSSR count). The summed E-state index contributed by atoms with van der Waals surface area (Å²) >= 11 is 0. The Labute approximate surface area is 160 Å². The number of aromatic nitrogens is 4. The summed E-state index contributed by atoms with van der Waals surface area (Å²) in [7, 11) is 0. The average Bonchev–Trinajstić information content (AvgIpc) is 3.29. The van der Waals surface area contributed by atoms with E-state index in [1.807, 2.05) is 0 Å². The highest BCUT2D eigenvalue weighted by Crippen LogP contribution is 2.40. The van der Waals surface area contributed by atoms with Crippen molar-refractivity contribution in [1.82, 2.24) is 24.8 Å². The molecular weight excluding hydrogens is 363 g/mol. The number of fused-ring (bicyclic) bond motifs is 2. The third kappa shape index (κ3) is 2.78. The summed E-state index contributed by atoms with van der Waals surface area (Å²) in [4.78, 5) is 31.0. The quantitative estimate of drug-likeness (QED) is 0.696. The molecule has 4 heterocycles. The highest BCUT2D eigenvalue weighted by atomic mass is 19.1. The molecule has 1 fully saturated rings. The van der Waals surface area contributed by atoms with E-state index in [4.69, 9.17) is 4.42 Å². The molecule has 0 radical (unpaired) electrons. The lowest BCUT2D eigenvalue weighted by molar-refractivity contribution is 0.0730. The van der Waals surface area contributed by atoms with Gasteiger partial charge in [0.15, 0.2) is 0 Å². The Morgan fingerprint density at radius 1 is 1.32 bits per heavy atom. The first-order valence-corrected chi connectivity index (χ1v) is 9.25. The molecule has 0 aromatic carbocycles. The third-order valence-electron chi connectivity index (χ3n) is 5.50. The molecule has 9 heteroatoms. The molecule has 2 aliphatic rings. The van der Waals surface area contributed by atoms with Gasteiger partial charge in [0.05, 0.1) is 23.2 Å². The van der Waals surface area contributed by atoms with E-state index in [0.29, 0.717) is 46.9 Å². The van der Waals surface area contributed by atoms with Crippen LogP contribution in [0.2, 0.25) is 0 Å². The molecule has 1 aliphatic carbocycles. The molecule has 3 aromatic heterocycles. The summed E-state index contributed by atoms with van der Waals surface area (Å²) in [6.07, 6.45) is 4.82. The number of furan rings is 1. The molecular formula is C19H19FN6O2. The fraction of sp³-hybridized carbons (Fsp3) is 0.421. The molecule has 0 bridgehead atoms. The summed E-state index contributed by atoms with van der Waals surface area (Å²) in [6.45, 7) is 4.59. The second-order valence-corrected chi connectivity index (χ2v) is 7.71. The number of hydrogen-bond donors (Lipinski definition) is 1. The van der Waals surface area contributed by atoms with Crippen molar-refractivity contribution >= 4 is 22.8 Å². The van der Waals surface area contributed by atoms with Gasteiger partial charge < -0.3 is 14.6 Å². The Balaban J connectivity index is 1.54. The van der Waals surface area contributed by atoms with Gasteiger partial charge in [0.25, 0.3) is 5.91 Å². The summed E-state index contributed by atoms with van der Waals surface area (Å²) in [5.74, 6) is 0.903. The maximum absolute atomic E-state index is 13.4. The van der Waals surface area contributed by atoms with Gasteiger partial charge in [-0.1, -0.05) is 0 Å². The van der Waals surface area contributed by atoms with E-state index >= 15 is 0 Å². The molecule has 1 N–H and O–H groups in total. The fourth-order valence-electron chi connectivity index (χ4n) is 3.61. The van der Waals surface area contributed by atoms with Crippen molar-refractivity contribution in [2.45, 2.75) is 45.2 Å². The SMILES string of the molecule is Cc1oc2ncnc(NC3(C)CC3)c2c1C(=O)N1CCc2cnc(F)nc2C1. The molecule has 0 saturated heterocycles. The minimum atomic E-state index is -0.782. The first-order chi connectivity index (χ1) is 13.4. The van der Waals surface area contributed by atoms with E-state index in [-0.39, 0.29) is 18.0 Å². The Morgan fingerprint density at radius 3 is 2.93 bits per heavy atom. The van der Waals surface area contributed by atoms with Crippen LogP contribution in [-0.2, 0) is 13.0 Å². The van der Waals surface area contributed by atoms with Gasteiger partial charge >= 0.3 is 6.08 Å². The predicted molar refractivity (Wildman–Crippen MR) is 98.2 cm³/mol. The highest BCUT2D eigenvalue weighted by Gasteiger charge is 2.39. The summed E-state index contributed by atoms with van der Waals surface area (Å²) in [6, 6.07) is 0. The van der Waals surface area contributed by atoms with Gasteiger partial charge in [0.1, 0.15) is 17.9 Å². The minimum Gasteiger partial charge on any atom is -0.442 e. The summed E-state index contributed by atoms with van der Waals surface area (Å²) < 4.78 is 19.2. The van der Waals surface area contributed by atoms with E-state index in [9.17, 15) is 9.18 Å². The van der Waals surface area contributed by atoms with E-state index in [2.05, 4.69) is 32.2 Å². The van der Waals surface area contributed by atoms with Crippen LogP contribution in [0.25, 0.3) is 11.1 Å². The Kier molecular flexibility index (Phi) is 3.62. The largest absolute Gasteiger partial charge is 0.442 e. The van der Waals surface area contributed by atoms with Gasteiger partial charge in [0.2, 0.25) is 5.71 Å². The lowest BCUT2D eigenvalue weighted by atomic mass is 10.0. The van der Waals surface area contributed by atoms with Crippen molar-refractivity contribution in [2.24, 2.45) is 0 Å². The first kappa shape index (κ1) is 17.0. The van der Waals surface area contributed by atoms with Crippen LogP contribution in [0.4, 0.5) is 10.2 Å². The van der Waals surface area contributed by atoms with Crippen molar-refractivity contribution in [3.8, 4) is 0 Å². The lowest BCUT2D eigenvalue weighted by Crippen LogP contribution is -2.37. The monoisotopic (exact) mass is 382 g/mol. The topological polar surface area (TPSA) is 97.0 Å². The Morgan fingerprint density at radius 2 is 2.14 bits per heavy atom. The van der Waals surface area contributed by atoms with Gasteiger partial charge in [-0.25, -0.2) is 19.9 Å². The van der Waals surface area contributed by atoms with Gasteiger partial charge in [-0.05, 0) is 38.7 Å². The predicted octanol–water partition coefficient (Wildman–Crippen LogP) is 2.62. The zero-order valence-electron chi connectivity index (χ0n) is 15.6. The van der Waals surface area contributed by atoms with Crippen LogP contribution >= 0.6 is 0 Å². The summed E-state index contributed by atoms with van der Waals surface area (Å²) in [5, 5.41) is 4.01. The average molecular weight is 382 g/mol. The second kappa shape index (κ2) is 5.95. The van der Waals surface area contributed by atoms with Crippen LogP contribution in [-0.4, -0.2) is 42.8 Å². The van der Waals surface area contributed by atoms with Crippen LogP contribution in [0.5, 0.6) is 0 Å². The highest BCUT2D eigenvalue weighted by molar-refractivity contribution is 6.10. The van der Waals surface area contributed by atoms with Crippen molar-refractivity contribution < 1.29 is 13.6 Å². The second-order valence-electron chi connectivity index (χ2n) is 7.71. The van der Waals surface area contributed by atoms with Crippen LogP contribution in [0, 0.1) is 13.0 Å². The smallest absolute Gasteiger partial charge is 0.308 e. The molecule has 8 nitrogen and oxygen atoms in total. The molecule has 0 unspecified atom stereocenters. The van der Waals surface area contributed by atoms with E-state index in [1.165, 1.54) is 12.5 Å². The van der Waals surface area contributed by atoms with Crippen molar-refractivity contribution in [1.29, 1.82) is 0 Å². The van der Waals surface area contributed by atoms with Crippen LogP contribution in [0.3, 0.4) is 0 Å². The number of rotatable bonds is 3. The number of aryl methyl sites for hydroxylation is 1. The van der Waals surface area contributed by atoms with Crippen LogP contribution < -0.4 is 5.32 Å². The van der Waals surface area contributed by atoms with Crippen LogP contribution in [0.1, 0.15) is 47.1 Å². The maximum atomic E-state index is 13.4. The number of nitrogens with one attached hydrogen (secondary N) is 1. The number of amides is 1. The summed E-state index contributed by atoms with van der Waals surface area (Å²) in [5.41, 5.74) is 2.23. The zero-order chi connectivity index (χ0) is 19.5. The van der Waals surface area contributed by atoms with E-state index in [1.54, 1.807) is 11.8 Å². The fourth-order valence-corrected chi connectivity index (χ4v) is 3.61. The Bertz CT molecular complexity index is 1110. The van der Waals surface area contributed by atoms with Gasteiger partial charge in [0, 0.05) is 18.3 Å². The Hall–Kier alpha value is -3.10. The number of carbonyl (C=O) groups is 1. The number of halogens is 1. The molecule has 1 amide bonds. The van der Waals surface area contributed by atoms with Crippen LogP contribution in [0.15, 0.2) is 16.9 Å². The van der Waals surface area contributed by atoms with Crippen molar-refractivity contribution in [3.05, 3.63) is 41.2 Å². The van der Waals surface area contributed by atoms with Crippen molar-refractivity contribution in [2.75, 3.05) is 11.9 Å². The minimum absolute atomic E-state index is 0.00864. The third-order valence-corrected chi connectivity index (χ3v) is 5.50. The normalized spacial score (nSPS) is 17.5. The van der Waals surface area contributed by atoms with E-state index in [0.717, 1.165) is 18.4 Å². The molecule has 0 atom stereocenters. The lowest BCUT2D eigenvalue weighted by Gasteiger charge is -2.27. The standard InChI is InChI=1S/C19H19FN6O2/c1-10-13(14-15(25-19(2)4-5-19)22-9-23-16(14)28-10)17(27)26-6-3-11-7-21-18(20)24-12(11)8-26/h7,9H,3-6,8H2,1-2H3,(H,22,23,25). The first-order valence-electron chi connectivity index (χ1n) is 9.25. The van der Waals surface area contributed by atoms with Gasteiger partial charge in [-0.2, -0.15) is 4.39 Å². The van der Waals surface area contributed by atoms with Gasteiger partial charge in [-0.3, -0.25) is 4.79 Å². The van der Waals surface area contributed by atoms with Crippen molar-refractivity contribution in [3.63, 3.8) is 0 Å². The molecule has 0 spiro atoms. The maximum Gasteiger partial charge on any atom is 0.308 e. The number of anilines is 1. The van der Waals surface area contributed by atoms with Gasteiger partial charge in [-0.15, -0.1) is 0 Å². The number of carbonyl (C=O) groups excluding carboxylic acids is 1.